The number of nitrogens with zero attached hydrogens (tertiary/aromatic N) is 2. The first-order valence-corrected chi connectivity index (χ1v) is 11.0. The van der Waals surface area contributed by atoms with E-state index < -0.39 is 17.9 Å². The van der Waals surface area contributed by atoms with Crippen LogP contribution in [0.4, 0.5) is 5.69 Å². The molecule has 5 rings (SSSR count). The molecule has 2 saturated heterocycles. The van der Waals surface area contributed by atoms with Crippen LogP contribution in [0.3, 0.4) is 0 Å². The molecular weight excluding hydrogens is 384 g/mol. The van der Waals surface area contributed by atoms with Gasteiger partial charge in [-0.3, -0.25) is 19.3 Å². The number of rotatable bonds is 5. The van der Waals surface area contributed by atoms with Crippen LogP contribution >= 0.6 is 11.3 Å². The number of hydrogen-bond donors (Lipinski definition) is 0. The zero-order valence-electron chi connectivity index (χ0n) is 16.2. The number of amides is 2. The van der Waals surface area contributed by atoms with Gasteiger partial charge >= 0.3 is 0 Å². The van der Waals surface area contributed by atoms with Crippen LogP contribution in [-0.2, 0) is 9.59 Å². The van der Waals surface area contributed by atoms with Gasteiger partial charge in [0, 0.05) is 12.2 Å². The lowest BCUT2D eigenvalue weighted by Gasteiger charge is -2.36. The van der Waals surface area contributed by atoms with Crippen LogP contribution in [0, 0.1) is 11.8 Å². The molecule has 3 aliphatic rings. The van der Waals surface area contributed by atoms with Crippen molar-refractivity contribution in [2.24, 2.45) is 11.8 Å². The summed E-state index contributed by atoms with van der Waals surface area (Å²) in [6, 6.07) is 10.6. The number of likely N-dealkylation sites (tertiary alicyclic amines) is 1. The Morgan fingerprint density at radius 2 is 1.86 bits per heavy atom. The van der Waals surface area contributed by atoms with Crippen LogP contribution in [0.5, 0.6) is 0 Å². The van der Waals surface area contributed by atoms with E-state index >= 15 is 0 Å². The van der Waals surface area contributed by atoms with Gasteiger partial charge in [0.1, 0.15) is 6.04 Å². The van der Waals surface area contributed by atoms with E-state index in [2.05, 4.69) is 0 Å². The molecule has 0 saturated carbocycles. The Hall–Kier alpha value is -2.73. The molecule has 0 spiro atoms. The molecule has 0 aliphatic carbocycles. The van der Waals surface area contributed by atoms with Gasteiger partial charge in [-0.05, 0) is 29.5 Å². The number of hydrogen-bond acceptors (Lipinski definition) is 5. The SMILES string of the molecule is CCCCN1C(=O)[C@@H]2[C@H](C1=O)[C@@H](C(=O)c1cccs1)N1c3ccccc3C=C[C@H]21. The molecule has 3 aliphatic heterocycles. The highest BCUT2D eigenvalue weighted by Gasteiger charge is 2.63. The fraction of sp³-hybridized carbons (Fsp3) is 0.348. The van der Waals surface area contributed by atoms with E-state index in [1.807, 2.05) is 59.7 Å². The van der Waals surface area contributed by atoms with Crippen molar-refractivity contribution in [2.75, 3.05) is 11.4 Å². The minimum Gasteiger partial charge on any atom is -0.352 e. The first kappa shape index (κ1) is 18.3. The Bertz CT molecular complexity index is 1010. The van der Waals surface area contributed by atoms with Crippen molar-refractivity contribution in [3.05, 3.63) is 58.3 Å². The second kappa shape index (κ2) is 6.95. The molecule has 29 heavy (non-hydrogen) atoms. The van der Waals surface area contributed by atoms with E-state index in [1.54, 1.807) is 6.07 Å². The predicted octanol–water partition coefficient (Wildman–Crippen LogP) is 3.62. The van der Waals surface area contributed by atoms with Crippen molar-refractivity contribution >= 4 is 40.7 Å². The maximum Gasteiger partial charge on any atom is 0.235 e. The molecule has 2 aromatic rings. The first-order valence-electron chi connectivity index (χ1n) is 10.1. The normalized spacial score (nSPS) is 27.2. The summed E-state index contributed by atoms with van der Waals surface area (Å²) in [5.41, 5.74) is 1.93. The maximum atomic E-state index is 13.6. The lowest BCUT2D eigenvalue weighted by Crippen LogP contribution is -2.48. The van der Waals surface area contributed by atoms with Crippen LogP contribution in [0.25, 0.3) is 6.08 Å². The second-order valence-corrected chi connectivity index (χ2v) is 8.78. The molecule has 0 unspecified atom stereocenters. The van der Waals surface area contributed by atoms with Crippen LogP contribution in [0.2, 0.25) is 0 Å². The number of thiophene rings is 1. The zero-order chi connectivity index (χ0) is 20.1. The third-order valence-corrected chi connectivity index (χ3v) is 7.16. The number of benzene rings is 1. The average Bonchev–Trinajstić information content (AvgIpc) is 3.44. The van der Waals surface area contributed by atoms with Crippen molar-refractivity contribution in [2.45, 2.75) is 31.8 Å². The molecular formula is C23H22N2O3S. The fourth-order valence-electron chi connectivity index (χ4n) is 4.98. The van der Waals surface area contributed by atoms with Gasteiger partial charge in [-0.15, -0.1) is 11.3 Å². The summed E-state index contributed by atoms with van der Waals surface area (Å²) in [5, 5.41) is 1.87. The standard InChI is InChI=1S/C23H22N2O3S/c1-2-3-12-24-22(27)18-16-11-10-14-7-4-5-8-15(14)25(16)20(19(18)23(24)28)21(26)17-9-6-13-29-17/h4-11,13,16,18-20H,2-3,12H2,1H3/t16-,18+,19+,20+/m1/s1. The minimum absolute atomic E-state index is 0.0684. The zero-order valence-corrected chi connectivity index (χ0v) is 17.0. The van der Waals surface area contributed by atoms with E-state index in [4.69, 9.17) is 0 Å². The van der Waals surface area contributed by atoms with Crippen molar-refractivity contribution in [1.29, 1.82) is 0 Å². The Labute approximate surface area is 173 Å². The number of fused-ring (bicyclic) bond motifs is 5. The van der Waals surface area contributed by atoms with Gasteiger partial charge < -0.3 is 4.90 Å². The molecule has 4 atom stereocenters. The highest BCUT2D eigenvalue weighted by atomic mass is 32.1. The number of ketones is 1. The van der Waals surface area contributed by atoms with Crippen LogP contribution in [0.15, 0.2) is 47.9 Å². The summed E-state index contributed by atoms with van der Waals surface area (Å²) >= 11 is 1.39. The number of Topliss-reactive ketones (excluding diaryl/α,β-unsaturated/α-hetero) is 1. The van der Waals surface area contributed by atoms with Crippen molar-refractivity contribution in [1.82, 2.24) is 4.90 Å². The van der Waals surface area contributed by atoms with Crippen LogP contribution in [-0.4, -0.2) is 41.1 Å². The quantitative estimate of drug-likeness (QED) is 0.562. The molecule has 6 heteroatoms. The number of imide groups is 1. The third-order valence-electron chi connectivity index (χ3n) is 6.27. The van der Waals surface area contributed by atoms with Gasteiger partial charge in [0.15, 0.2) is 5.78 Å². The number of para-hydroxylation sites is 1. The van der Waals surface area contributed by atoms with Gasteiger partial charge in [0.25, 0.3) is 0 Å². The molecule has 1 aromatic carbocycles. The van der Waals surface area contributed by atoms with E-state index in [-0.39, 0.29) is 23.6 Å². The molecule has 0 radical (unpaired) electrons. The largest absolute Gasteiger partial charge is 0.352 e. The Balaban J connectivity index is 1.62. The summed E-state index contributed by atoms with van der Waals surface area (Å²) in [6.07, 6.45) is 5.70. The average molecular weight is 407 g/mol. The summed E-state index contributed by atoms with van der Waals surface area (Å²) in [5.74, 6) is -1.52. The van der Waals surface area contributed by atoms with Gasteiger partial charge in [-0.25, -0.2) is 0 Å². The summed E-state index contributed by atoms with van der Waals surface area (Å²) < 4.78 is 0. The Kier molecular flexibility index (Phi) is 4.39. The molecule has 4 heterocycles. The van der Waals surface area contributed by atoms with Crippen LogP contribution in [0.1, 0.15) is 35.0 Å². The number of unbranched alkanes of at least 4 members (excludes halogenated alkanes) is 1. The first-order chi connectivity index (χ1) is 14.1. The summed E-state index contributed by atoms with van der Waals surface area (Å²) in [4.78, 5) is 44.2. The minimum atomic E-state index is -0.655. The maximum absolute atomic E-state index is 13.6. The Morgan fingerprint density at radius 3 is 2.62 bits per heavy atom. The second-order valence-electron chi connectivity index (χ2n) is 7.84. The van der Waals surface area contributed by atoms with Gasteiger partial charge in [-0.2, -0.15) is 0 Å². The highest BCUT2D eigenvalue weighted by Crippen LogP contribution is 2.49. The number of carbonyl (C=O) groups is 3. The van der Waals surface area contributed by atoms with Crippen molar-refractivity contribution in [3.63, 3.8) is 0 Å². The lowest BCUT2D eigenvalue weighted by molar-refractivity contribution is -0.140. The molecule has 148 valence electrons. The Morgan fingerprint density at radius 1 is 1.07 bits per heavy atom. The highest BCUT2D eigenvalue weighted by molar-refractivity contribution is 7.12. The number of carbonyl (C=O) groups excluding carboxylic acids is 3. The predicted molar refractivity (Wildman–Crippen MR) is 113 cm³/mol. The molecule has 2 amide bonds. The van der Waals surface area contributed by atoms with Crippen molar-refractivity contribution in [3.8, 4) is 0 Å². The summed E-state index contributed by atoms with van der Waals surface area (Å²) in [6.45, 7) is 2.48. The van der Waals surface area contributed by atoms with E-state index in [1.165, 1.54) is 16.2 Å². The van der Waals surface area contributed by atoms with Crippen molar-refractivity contribution < 1.29 is 14.4 Å². The monoisotopic (exact) mass is 406 g/mol. The van der Waals surface area contributed by atoms with Gasteiger partial charge in [0.2, 0.25) is 11.8 Å². The molecule has 5 nitrogen and oxygen atoms in total. The van der Waals surface area contributed by atoms with E-state index in [9.17, 15) is 14.4 Å². The third kappa shape index (κ3) is 2.62. The smallest absolute Gasteiger partial charge is 0.235 e. The molecule has 0 N–H and O–H groups in total. The molecule has 2 fully saturated rings. The lowest BCUT2D eigenvalue weighted by atomic mass is 9.87. The van der Waals surface area contributed by atoms with E-state index in [0.29, 0.717) is 11.4 Å². The number of anilines is 1. The fourth-order valence-corrected chi connectivity index (χ4v) is 5.67. The molecule has 0 bridgehead atoms. The van der Waals surface area contributed by atoms with Crippen LogP contribution < -0.4 is 4.90 Å². The van der Waals surface area contributed by atoms with Gasteiger partial charge in [0.05, 0.1) is 22.8 Å². The molecule has 1 aromatic heterocycles. The summed E-state index contributed by atoms with van der Waals surface area (Å²) in [7, 11) is 0. The topological polar surface area (TPSA) is 57.7 Å². The van der Waals surface area contributed by atoms with E-state index in [0.717, 1.165) is 24.1 Å². The van der Waals surface area contributed by atoms with Gasteiger partial charge in [-0.1, -0.05) is 49.8 Å².